The molecule has 0 aliphatic rings. The Bertz CT molecular complexity index is 158. The van der Waals surface area contributed by atoms with Crippen molar-refractivity contribution >= 4 is 0 Å². The predicted molar refractivity (Wildman–Crippen MR) is 57.8 cm³/mol. The molecule has 2 nitrogen and oxygen atoms in total. The highest BCUT2D eigenvalue weighted by Crippen LogP contribution is 2.17. The molecule has 3 N–H and O–H groups in total. The van der Waals surface area contributed by atoms with Gasteiger partial charge in [0.05, 0.1) is 0 Å². The minimum atomic E-state index is 0.397. The number of hydrogen-bond donors (Lipinski definition) is 2. The van der Waals surface area contributed by atoms with Crippen molar-refractivity contribution in [3.05, 3.63) is 0 Å². The maximum Gasteiger partial charge on any atom is 0.0238 e. The molecule has 76 valence electrons. The number of terminal acetylenes is 1. The van der Waals surface area contributed by atoms with Crippen LogP contribution in [0.15, 0.2) is 0 Å². The molecule has 13 heavy (non-hydrogen) atoms. The van der Waals surface area contributed by atoms with E-state index in [0.29, 0.717) is 17.9 Å². The van der Waals surface area contributed by atoms with Crippen molar-refractivity contribution in [1.82, 2.24) is 5.43 Å². The highest BCUT2D eigenvalue weighted by atomic mass is 15.2. The number of rotatable bonds is 6. The molecule has 0 saturated carbocycles. The second kappa shape index (κ2) is 6.94. The van der Waals surface area contributed by atoms with Gasteiger partial charge in [0.25, 0.3) is 0 Å². The summed E-state index contributed by atoms with van der Waals surface area (Å²) < 4.78 is 0. The Morgan fingerprint density at radius 1 is 1.38 bits per heavy atom. The molecule has 0 radical (unpaired) electrons. The molecule has 0 aromatic rings. The van der Waals surface area contributed by atoms with E-state index in [1.165, 1.54) is 0 Å². The fourth-order valence-corrected chi connectivity index (χ4v) is 1.39. The number of unbranched alkanes of at least 4 members (excludes halogenated alkanes) is 1. The van der Waals surface area contributed by atoms with Crippen LogP contribution < -0.4 is 11.3 Å². The minimum Gasteiger partial charge on any atom is -0.271 e. The van der Waals surface area contributed by atoms with Crippen molar-refractivity contribution in [1.29, 1.82) is 0 Å². The van der Waals surface area contributed by atoms with E-state index in [4.69, 9.17) is 12.3 Å². The normalized spacial score (nSPS) is 15.4. The SMILES string of the molecule is C#CCCCC(NN)C(C)C(C)C. The predicted octanol–water partition coefficient (Wildman–Crippen LogP) is 1.91. The van der Waals surface area contributed by atoms with Crippen LogP contribution in [0.2, 0.25) is 0 Å². The molecule has 0 aromatic heterocycles. The van der Waals surface area contributed by atoms with Crippen LogP contribution >= 0.6 is 0 Å². The number of hydrogen-bond acceptors (Lipinski definition) is 2. The van der Waals surface area contributed by atoms with Gasteiger partial charge in [-0.25, -0.2) is 0 Å². The Balaban J connectivity index is 3.82. The quantitative estimate of drug-likeness (QED) is 0.285. The van der Waals surface area contributed by atoms with E-state index < -0.39 is 0 Å². The first-order valence-electron chi connectivity index (χ1n) is 5.03. The van der Waals surface area contributed by atoms with Gasteiger partial charge in [0.15, 0.2) is 0 Å². The zero-order valence-electron chi connectivity index (χ0n) is 9.01. The largest absolute Gasteiger partial charge is 0.271 e. The maximum absolute atomic E-state index is 5.49. The molecule has 0 aliphatic heterocycles. The first-order valence-corrected chi connectivity index (χ1v) is 5.03. The molecule has 2 heteroatoms. The van der Waals surface area contributed by atoms with E-state index in [1.807, 2.05) is 0 Å². The maximum atomic E-state index is 5.49. The molecule has 2 unspecified atom stereocenters. The van der Waals surface area contributed by atoms with E-state index in [0.717, 1.165) is 19.3 Å². The van der Waals surface area contributed by atoms with Gasteiger partial charge < -0.3 is 0 Å². The molecule has 0 spiro atoms. The van der Waals surface area contributed by atoms with Gasteiger partial charge in [-0.1, -0.05) is 20.8 Å². The number of nitrogens with two attached hydrogens (primary N) is 1. The summed E-state index contributed by atoms with van der Waals surface area (Å²) in [5, 5.41) is 0. The van der Waals surface area contributed by atoms with Gasteiger partial charge in [-0.05, 0) is 24.7 Å². The van der Waals surface area contributed by atoms with Crippen LogP contribution in [0.4, 0.5) is 0 Å². The number of hydrazine groups is 1. The Hall–Kier alpha value is -0.520. The molecule has 0 heterocycles. The lowest BCUT2D eigenvalue weighted by Gasteiger charge is -2.26. The molecule has 0 amide bonds. The third-order valence-electron chi connectivity index (χ3n) is 2.74. The average molecular weight is 182 g/mol. The van der Waals surface area contributed by atoms with Gasteiger partial charge >= 0.3 is 0 Å². The van der Waals surface area contributed by atoms with Crippen LogP contribution in [0.1, 0.15) is 40.0 Å². The van der Waals surface area contributed by atoms with Gasteiger partial charge in [-0.2, -0.15) is 0 Å². The van der Waals surface area contributed by atoms with Crippen molar-refractivity contribution in [2.24, 2.45) is 17.7 Å². The van der Waals surface area contributed by atoms with E-state index in [9.17, 15) is 0 Å². The Kier molecular flexibility index (Phi) is 6.66. The third-order valence-corrected chi connectivity index (χ3v) is 2.74. The highest BCUT2D eigenvalue weighted by Gasteiger charge is 2.17. The van der Waals surface area contributed by atoms with Crippen LogP contribution in [0.25, 0.3) is 0 Å². The molecular weight excluding hydrogens is 160 g/mol. The third kappa shape index (κ3) is 4.92. The lowest BCUT2D eigenvalue weighted by Crippen LogP contribution is -2.41. The summed E-state index contributed by atoms with van der Waals surface area (Å²) in [5.74, 6) is 9.40. The smallest absolute Gasteiger partial charge is 0.0238 e. The van der Waals surface area contributed by atoms with Crippen LogP contribution in [-0.4, -0.2) is 6.04 Å². The van der Waals surface area contributed by atoms with E-state index >= 15 is 0 Å². The Morgan fingerprint density at radius 2 is 2.00 bits per heavy atom. The van der Waals surface area contributed by atoms with Crippen LogP contribution in [0, 0.1) is 24.2 Å². The first-order chi connectivity index (χ1) is 6.13. The fraction of sp³-hybridized carbons (Fsp3) is 0.818. The zero-order chi connectivity index (χ0) is 10.3. The summed E-state index contributed by atoms with van der Waals surface area (Å²) >= 11 is 0. The second-order valence-corrected chi connectivity index (χ2v) is 3.97. The molecular formula is C11H22N2. The summed E-state index contributed by atoms with van der Waals surface area (Å²) in [7, 11) is 0. The van der Waals surface area contributed by atoms with E-state index in [1.54, 1.807) is 0 Å². The zero-order valence-corrected chi connectivity index (χ0v) is 9.01. The van der Waals surface area contributed by atoms with Crippen LogP contribution in [0.5, 0.6) is 0 Å². The van der Waals surface area contributed by atoms with Crippen molar-refractivity contribution in [2.75, 3.05) is 0 Å². The standard InChI is InChI=1S/C11H22N2/c1-5-6-7-8-11(13-12)10(4)9(2)3/h1,9-11,13H,6-8,12H2,2-4H3. The fourth-order valence-electron chi connectivity index (χ4n) is 1.39. The molecule has 0 fully saturated rings. The summed E-state index contributed by atoms with van der Waals surface area (Å²) in [6.07, 6.45) is 8.17. The molecule has 0 bridgehead atoms. The van der Waals surface area contributed by atoms with E-state index in [2.05, 4.69) is 32.1 Å². The lowest BCUT2D eigenvalue weighted by molar-refractivity contribution is 0.284. The summed E-state index contributed by atoms with van der Waals surface area (Å²) in [4.78, 5) is 0. The molecule has 0 rings (SSSR count). The first kappa shape index (κ1) is 12.5. The average Bonchev–Trinajstić information content (AvgIpc) is 2.11. The van der Waals surface area contributed by atoms with Crippen molar-refractivity contribution in [2.45, 2.75) is 46.1 Å². The molecule has 2 atom stereocenters. The molecule has 0 aromatic carbocycles. The second-order valence-electron chi connectivity index (χ2n) is 3.97. The van der Waals surface area contributed by atoms with Gasteiger partial charge in [-0.3, -0.25) is 11.3 Å². The Labute approximate surface area is 82.2 Å². The lowest BCUT2D eigenvalue weighted by atomic mass is 9.88. The van der Waals surface area contributed by atoms with Crippen molar-refractivity contribution in [3.8, 4) is 12.3 Å². The molecule has 0 saturated heterocycles. The van der Waals surface area contributed by atoms with Crippen LogP contribution in [0.3, 0.4) is 0 Å². The van der Waals surface area contributed by atoms with Gasteiger partial charge in [-0.15, -0.1) is 12.3 Å². The van der Waals surface area contributed by atoms with Gasteiger partial charge in [0.1, 0.15) is 0 Å². The summed E-state index contributed by atoms with van der Waals surface area (Å²) in [5.41, 5.74) is 2.87. The summed E-state index contributed by atoms with van der Waals surface area (Å²) in [6.45, 7) is 6.66. The van der Waals surface area contributed by atoms with Gasteiger partial charge in [0.2, 0.25) is 0 Å². The monoisotopic (exact) mass is 182 g/mol. The van der Waals surface area contributed by atoms with Crippen molar-refractivity contribution < 1.29 is 0 Å². The van der Waals surface area contributed by atoms with Crippen LogP contribution in [-0.2, 0) is 0 Å². The summed E-state index contributed by atoms with van der Waals surface area (Å²) in [6, 6.07) is 0.397. The van der Waals surface area contributed by atoms with Crippen molar-refractivity contribution in [3.63, 3.8) is 0 Å². The topological polar surface area (TPSA) is 38.0 Å². The Morgan fingerprint density at radius 3 is 2.38 bits per heavy atom. The van der Waals surface area contributed by atoms with E-state index in [-0.39, 0.29) is 0 Å². The molecule has 0 aliphatic carbocycles. The van der Waals surface area contributed by atoms with Gasteiger partial charge in [0, 0.05) is 12.5 Å². The number of nitrogens with one attached hydrogen (secondary N) is 1. The minimum absolute atomic E-state index is 0.397. The highest BCUT2D eigenvalue weighted by molar-refractivity contribution is 4.84.